The number of hydrogen-bond acceptors (Lipinski definition) is 2. The molecule has 2 aliphatic heterocycles. The summed E-state index contributed by atoms with van der Waals surface area (Å²) in [6.45, 7) is 3.15. The van der Waals surface area contributed by atoms with E-state index in [2.05, 4.69) is 17.4 Å². The fourth-order valence-corrected chi connectivity index (χ4v) is 3.04. The lowest BCUT2D eigenvalue weighted by Gasteiger charge is -2.25. The summed E-state index contributed by atoms with van der Waals surface area (Å²) < 4.78 is 0. The first-order chi connectivity index (χ1) is 8.84. The Labute approximate surface area is 108 Å². The maximum Gasteiger partial charge on any atom is 0.231 e. The molecule has 2 heterocycles. The molecule has 18 heavy (non-hydrogen) atoms. The van der Waals surface area contributed by atoms with Crippen molar-refractivity contribution in [2.24, 2.45) is 5.92 Å². The molecule has 96 valence electrons. The SMILES string of the molecule is O=C1Cc2ccccc2N1CCC1CCCNC1. The summed E-state index contributed by atoms with van der Waals surface area (Å²) in [5, 5.41) is 3.44. The molecule has 1 aromatic carbocycles. The summed E-state index contributed by atoms with van der Waals surface area (Å²) in [5.41, 5.74) is 2.32. The van der Waals surface area contributed by atoms with Gasteiger partial charge in [-0.05, 0) is 49.9 Å². The van der Waals surface area contributed by atoms with Crippen LogP contribution in [0.1, 0.15) is 24.8 Å². The Hall–Kier alpha value is -1.35. The Kier molecular flexibility index (Phi) is 3.33. The van der Waals surface area contributed by atoms with Crippen molar-refractivity contribution in [3.05, 3.63) is 29.8 Å². The normalized spacial score (nSPS) is 23.2. The van der Waals surface area contributed by atoms with Crippen LogP contribution in [0.4, 0.5) is 5.69 Å². The number of amides is 1. The van der Waals surface area contributed by atoms with Crippen LogP contribution in [0.15, 0.2) is 24.3 Å². The number of carbonyl (C=O) groups excluding carboxylic acids is 1. The molecule has 3 nitrogen and oxygen atoms in total. The number of anilines is 1. The number of benzene rings is 1. The molecule has 0 aromatic heterocycles. The zero-order valence-corrected chi connectivity index (χ0v) is 10.7. The summed E-state index contributed by atoms with van der Waals surface area (Å²) in [4.78, 5) is 14.0. The zero-order chi connectivity index (χ0) is 12.4. The summed E-state index contributed by atoms with van der Waals surface area (Å²) >= 11 is 0. The summed E-state index contributed by atoms with van der Waals surface area (Å²) in [5.74, 6) is 0.999. The summed E-state index contributed by atoms with van der Waals surface area (Å²) in [6.07, 6.45) is 4.28. The van der Waals surface area contributed by atoms with Crippen molar-refractivity contribution in [3.8, 4) is 0 Å². The minimum absolute atomic E-state index is 0.264. The number of piperidine rings is 1. The topological polar surface area (TPSA) is 32.3 Å². The van der Waals surface area contributed by atoms with Gasteiger partial charge in [-0.2, -0.15) is 0 Å². The first-order valence-electron chi connectivity index (χ1n) is 6.93. The Morgan fingerprint density at radius 1 is 1.33 bits per heavy atom. The van der Waals surface area contributed by atoms with Crippen LogP contribution >= 0.6 is 0 Å². The van der Waals surface area contributed by atoms with E-state index in [1.807, 2.05) is 17.0 Å². The second-order valence-corrected chi connectivity index (χ2v) is 5.35. The third-order valence-corrected chi connectivity index (χ3v) is 4.09. The highest BCUT2D eigenvalue weighted by molar-refractivity contribution is 6.01. The van der Waals surface area contributed by atoms with Crippen LogP contribution in [0.5, 0.6) is 0 Å². The van der Waals surface area contributed by atoms with Gasteiger partial charge in [0.1, 0.15) is 0 Å². The van der Waals surface area contributed by atoms with Crippen LogP contribution in [0.2, 0.25) is 0 Å². The summed E-state index contributed by atoms with van der Waals surface area (Å²) in [7, 11) is 0. The maximum atomic E-state index is 12.0. The monoisotopic (exact) mass is 244 g/mol. The van der Waals surface area contributed by atoms with Gasteiger partial charge < -0.3 is 10.2 Å². The second kappa shape index (κ2) is 5.11. The number of fused-ring (bicyclic) bond motifs is 1. The van der Waals surface area contributed by atoms with Crippen molar-refractivity contribution in [2.45, 2.75) is 25.7 Å². The lowest BCUT2D eigenvalue weighted by Crippen LogP contribution is -2.34. The van der Waals surface area contributed by atoms with E-state index in [1.165, 1.54) is 18.4 Å². The molecule has 3 heteroatoms. The Bertz CT molecular complexity index is 438. The van der Waals surface area contributed by atoms with Gasteiger partial charge in [0.05, 0.1) is 6.42 Å². The quantitative estimate of drug-likeness (QED) is 0.881. The predicted octanol–water partition coefficient (Wildman–Crippen LogP) is 1.97. The fraction of sp³-hybridized carbons (Fsp3) is 0.533. The van der Waals surface area contributed by atoms with E-state index in [9.17, 15) is 4.79 Å². The van der Waals surface area contributed by atoms with Crippen molar-refractivity contribution in [1.82, 2.24) is 5.32 Å². The predicted molar refractivity (Wildman–Crippen MR) is 72.7 cm³/mol. The smallest absolute Gasteiger partial charge is 0.231 e. The Morgan fingerprint density at radius 3 is 3.06 bits per heavy atom. The van der Waals surface area contributed by atoms with Crippen molar-refractivity contribution >= 4 is 11.6 Å². The number of nitrogens with zero attached hydrogens (tertiary/aromatic N) is 1. The Balaban J connectivity index is 1.64. The van der Waals surface area contributed by atoms with Gasteiger partial charge in [-0.1, -0.05) is 18.2 Å². The molecule has 3 rings (SSSR count). The molecule has 1 amide bonds. The number of rotatable bonds is 3. The molecular formula is C15H20N2O. The molecule has 1 saturated heterocycles. The van der Waals surface area contributed by atoms with Crippen LogP contribution < -0.4 is 10.2 Å². The van der Waals surface area contributed by atoms with Gasteiger partial charge in [0.15, 0.2) is 0 Å². The van der Waals surface area contributed by atoms with Crippen LogP contribution in [-0.4, -0.2) is 25.5 Å². The highest BCUT2D eigenvalue weighted by atomic mass is 16.2. The number of para-hydroxylation sites is 1. The molecule has 1 atom stereocenters. The van der Waals surface area contributed by atoms with Crippen LogP contribution in [0.3, 0.4) is 0 Å². The molecule has 0 spiro atoms. The molecule has 0 bridgehead atoms. The van der Waals surface area contributed by atoms with Gasteiger partial charge in [0.2, 0.25) is 5.91 Å². The van der Waals surface area contributed by atoms with Crippen LogP contribution in [0.25, 0.3) is 0 Å². The molecule has 0 aliphatic carbocycles. The van der Waals surface area contributed by atoms with Gasteiger partial charge in [-0.3, -0.25) is 4.79 Å². The summed E-state index contributed by atoms with van der Waals surface area (Å²) in [6, 6.07) is 8.17. The van der Waals surface area contributed by atoms with Crippen LogP contribution in [0, 0.1) is 5.92 Å². The van der Waals surface area contributed by atoms with Gasteiger partial charge in [-0.15, -0.1) is 0 Å². The minimum atomic E-state index is 0.264. The molecule has 1 N–H and O–H groups in total. The molecular weight excluding hydrogens is 224 g/mol. The van der Waals surface area contributed by atoms with Gasteiger partial charge in [0, 0.05) is 12.2 Å². The average molecular weight is 244 g/mol. The third kappa shape index (κ3) is 2.27. The standard InChI is InChI=1S/C15H20N2O/c18-15-10-13-5-1-2-6-14(13)17(15)9-7-12-4-3-8-16-11-12/h1-2,5-6,12,16H,3-4,7-11H2. The first kappa shape index (κ1) is 11.7. The van der Waals surface area contributed by atoms with E-state index in [-0.39, 0.29) is 5.91 Å². The number of nitrogens with one attached hydrogen (secondary N) is 1. The van der Waals surface area contributed by atoms with Crippen LogP contribution in [-0.2, 0) is 11.2 Å². The van der Waals surface area contributed by atoms with E-state index < -0.39 is 0 Å². The van der Waals surface area contributed by atoms with Crippen molar-refractivity contribution in [2.75, 3.05) is 24.5 Å². The highest BCUT2D eigenvalue weighted by Gasteiger charge is 2.27. The van der Waals surface area contributed by atoms with E-state index in [0.29, 0.717) is 6.42 Å². The molecule has 2 aliphatic rings. The Morgan fingerprint density at radius 2 is 2.22 bits per heavy atom. The molecule has 0 radical (unpaired) electrons. The van der Waals surface area contributed by atoms with Gasteiger partial charge >= 0.3 is 0 Å². The second-order valence-electron chi connectivity index (χ2n) is 5.35. The fourth-order valence-electron chi connectivity index (χ4n) is 3.04. The first-order valence-corrected chi connectivity index (χ1v) is 6.93. The van der Waals surface area contributed by atoms with Crippen molar-refractivity contribution in [3.63, 3.8) is 0 Å². The van der Waals surface area contributed by atoms with Gasteiger partial charge in [-0.25, -0.2) is 0 Å². The number of hydrogen-bond donors (Lipinski definition) is 1. The molecule has 0 saturated carbocycles. The third-order valence-electron chi connectivity index (χ3n) is 4.09. The van der Waals surface area contributed by atoms with E-state index in [0.717, 1.165) is 37.7 Å². The van der Waals surface area contributed by atoms with E-state index in [4.69, 9.17) is 0 Å². The minimum Gasteiger partial charge on any atom is -0.316 e. The molecule has 1 aromatic rings. The largest absolute Gasteiger partial charge is 0.316 e. The zero-order valence-electron chi connectivity index (χ0n) is 10.7. The van der Waals surface area contributed by atoms with Gasteiger partial charge in [0.25, 0.3) is 0 Å². The molecule has 1 fully saturated rings. The molecule has 1 unspecified atom stereocenters. The maximum absolute atomic E-state index is 12.0. The average Bonchev–Trinajstić information content (AvgIpc) is 2.73. The highest BCUT2D eigenvalue weighted by Crippen LogP contribution is 2.29. The lowest BCUT2D eigenvalue weighted by atomic mass is 9.96. The van der Waals surface area contributed by atoms with Crippen molar-refractivity contribution < 1.29 is 4.79 Å². The van der Waals surface area contributed by atoms with E-state index >= 15 is 0 Å². The lowest BCUT2D eigenvalue weighted by molar-refractivity contribution is -0.117. The van der Waals surface area contributed by atoms with Crippen molar-refractivity contribution in [1.29, 1.82) is 0 Å². The number of carbonyl (C=O) groups is 1. The van der Waals surface area contributed by atoms with E-state index in [1.54, 1.807) is 0 Å².